The average molecular weight is 228 g/mol. The largest absolute Gasteiger partial charge is 0.383 e. The van der Waals surface area contributed by atoms with E-state index in [0.29, 0.717) is 13.2 Å². The molecule has 0 saturated heterocycles. The van der Waals surface area contributed by atoms with E-state index in [4.69, 9.17) is 10.5 Å². The number of hydrogen-bond acceptors (Lipinski definition) is 4. The predicted molar refractivity (Wildman–Crippen MR) is 60.8 cm³/mol. The van der Waals surface area contributed by atoms with Gasteiger partial charge in [-0.2, -0.15) is 0 Å². The second-order valence-electron chi connectivity index (χ2n) is 3.30. The molecule has 15 heavy (non-hydrogen) atoms. The van der Waals surface area contributed by atoms with Crippen LogP contribution in [0.1, 0.15) is 9.75 Å². The number of aryl methyl sites for hydroxylation is 1. The minimum Gasteiger partial charge on any atom is -0.383 e. The number of primary amides is 1. The van der Waals surface area contributed by atoms with E-state index in [2.05, 4.69) is 18.3 Å². The molecule has 1 aromatic heterocycles. The Labute approximate surface area is 93.4 Å². The van der Waals surface area contributed by atoms with Gasteiger partial charge in [-0.1, -0.05) is 0 Å². The Hall–Kier alpha value is -0.910. The van der Waals surface area contributed by atoms with Crippen molar-refractivity contribution in [2.75, 3.05) is 13.7 Å². The van der Waals surface area contributed by atoms with Crippen molar-refractivity contribution in [3.05, 3.63) is 21.9 Å². The van der Waals surface area contributed by atoms with Crippen LogP contribution < -0.4 is 11.1 Å². The molecule has 0 fully saturated rings. The van der Waals surface area contributed by atoms with Gasteiger partial charge < -0.3 is 10.5 Å². The fourth-order valence-electron chi connectivity index (χ4n) is 1.21. The maximum Gasteiger partial charge on any atom is 0.236 e. The molecule has 1 atom stereocenters. The maximum absolute atomic E-state index is 11.0. The molecule has 1 amide bonds. The molecule has 4 nitrogen and oxygen atoms in total. The molecule has 5 heteroatoms. The Morgan fingerprint density at radius 3 is 2.87 bits per heavy atom. The third-order valence-electron chi connectivity index (χ3n) is 2.00. The van der Waals surface area contributed by atoms with Crippen molar-refractivity contribution in [1.82, 2.24) is 5.32 Å². The van der Waals surface area contributed by atoms with Crippen LogP contribution in [0, 0.1) is 6.92 Å². The minimum atomic E-state index is -0.419. The Morgan fingerprint density at radius 2 is 2.40 bits per heavy atom. The quantitative estimate of drug-likeness (QED) is 0.751. The van der Waals surface area contributed by atoms with Crippen LogP contribution in [0.15, 0.2) is 12.1 Å². The zero-order valence-electron chi connectivity index (χ0n) is 8.95. The van der Waals surface area contributed by atoms with Crippen LogP contribution in [0.25, 0.3) is 0 Å². The maximum atomic E-state index is 11.0. The van der Waals surface area contributed by atoms with Gasteiger partial charge in [-0.3, -0.25) is 10.1 Å². The summed E-state index contributed by atoms with van der Waals surface area (Å²) in [5.41, 5.74) is 5.21. The first-order valence-corrected chi connectivity index (χ1v) is 5.52. The number of nitrogens with two attached hydrogens (primary N) is 1. The lowest BCUT2D eigenvalue weighted by molar-refractivity contribution is -0.121. The molecule has 1 heterocycles. The molecule has 3 N–H and O–H groups in total. The molecule has 1 unspecified atom stereocenters. The normalized spacial score (nSPS) is 12.7. The first kappa shape index (κ1) is 12.2. The number of amides is 1. The first-order chi connectivity index (χ1) is 7.13. The van der Waals surface area contributed by atoms with Crippen LogP contribution in [0.5, 0.6) is 0 Å². The number of ether oxygens (including phenoxy) is 1. The second kappa shape index (κ2) is 5.85. The Kier molecular flexibility index (Phi) is 4.74. The van der Waals surface area contributed by atoms with Gasteiger partial charge in [0.2, 0.25) is 5.91 Å². The lowest BCUT2D eigenvalue weighted by Gasteiger charge is -2.13. The highest BCUT2D eigenvalue weighted by atomic mass is 32.1. The van der Waals surface area contributed by atoms with Crippen LogP contribution in [-0.4, -0.2) is 25.7 Å². The third kappa shape index (κ3) is 3.99. The molecule has 84 valence electrons. The number of methoxy groups -OCH3 is 1. The number of thiophene rings is 1. The van der Waals surface area contributed by atoms with Gasteiger partial charge in [0.15, 0.2) is 0 Å². The Morgan fingerprint density at radius 1 is 1.67 bits per heavy atom. The molecule has 0 bridgehead atoms. The van der Waals surface area contributed by atoms with Gasteiger partial charge >= 0.3 is 0 Å². The average Bonchev–Trinajstić information content (AvgIpc) is 2.58. The van der Waals surface area contributed by atoms with Gasteiger partial charge in [0.25, 0.3) is 0 Å². The van der Waals surface area contributed by atoms with E-state index in [1.54, 1.807) is 18.4 Å². The van der Waals surface area contributed by atoms with Gasteiger partial charge in [-0.25, -0.2) is 0 Å². The summed E-state index contributed by atoms with van der Waals surface area (Å²) in [4.78, 5) is 13.4. The molecule has 0 saturated carbocycles. The predicted octanol–water partition coefficient (Wildman–Crippen LogP) is 0.646. The van der Waals surface area contributed by atoms with Crippen molar-refractivity contribution in [2.24, 2.45) is 5.73 Å². The summed E-state index contributed by atoms with van der Waals surface area (Å²) in [6, 6.07) is 3.67. The van der Waals surface area contributed by atoms with Crippen molar-refractivity contribution < 1.29 is 9.53 Å². The molecule has 1 aromatic rings. The van der Waals surface area contributed by atoms with Crippen molar-refractivity contribution in [2.45, 2.75) is 19.5 Å². The lowest BCUT2D eigenvalue weighted by Crippen LogP contribution is -2.43. The van der Waals surface area contributed by atoms with Gasteiger partial charge in [0.1, 0.15) is 6.04 Å². The molecule has 0 aliphatic rings. The number of carbonyl (C=O) groups is 1. The van der Waals surface area contributed by atoms with Crippen LogP contribution in [0.3, 0.4) is 0 Å². The highest BCUT2D eigenvalue weighted by molar-refractivity contribution is 7.11. The summed E-state index contributed by atoms with van der Waals surface area (Å²) >= 11 is 1.70. The van der Waals surface area contributed by atoms with Crippen molar-refractivity contribution in [3.8, 4) is 0 Å². The van der Waals surface area contributed by atoms with Crippen LogP contribution in [-0.2, 0) is 16.1 Å². The highest BCUT2D eigenvalue weighted by Crippen LogP contribution is 2.14. The fourth-order valence-corrected chi connectivity index (χ4v) is 2.05. The monoisotopic (exact) mass is 228 g/mol. The van der Waals surface area contributed by atoms with E-state index in [1.165, 1.54) is 9.75 Å². The van der Waals surface area contributed by atoms with E-state index in [9.17, 15) is 4.79 Å². The zero-order chi connectivity index (χ0) is 11.3. The molecule has 0 spiro atoms. The van der Waals surface area contributed by atoms with Gasteiger partial charge in [-0.05, 0) is 19.1 Å². The molecule has 0 aliphatic carbocycles. The van der Waals surface area contributed by atoms with E-state index in [1.807, 2.05) is 6.07 Å². The van der Waals surface area contributed by atoms with Crippen LogP contribution >= 0.6 is 11.3 Å². The summed E-state index contributed by atoms with van der Waals surface area (Å²) in [6.07, 6.45) is 0. The third-order valence-corrected chi connectivity index (χ3v) is 3.00. The Bertz CT molecular complexity index is 325. The van der Waals surface area contributed by atoms with E-state index in [0.717, 1.165) is 0 Å². The van der Waals surface area contributed by atoms with Gasteiger partial charge in [-0.15, -0.1) is 11.3 Å². The summed E-state index contributed by atoms with van der Waals surface area (Å²) in [5, 5.41) is 3.06. The Balaban J connectivity index is 2.43. The second-order valence-corrected chi connectivity index (χ2v) is 4.68. The van der Waals surface area contributed by atoms with Crippen molar-refractivity contribution >= 4 is 17.2 Å². The topological polar surface area (TPSA) is 64.3 Å². The number of carbonyl (C=O) groups excluding carboxylic acids is 1. The summed E-state index contributed by atoms with van der Waals surface area (Å²) in [5.74, 6) is -0.384. The van der Waals surface area contributed by atoms with Crippen molar-refractivity contribution in [1.29, 1.82) is 0 Å². The standard InChI is InChI=1S/C10H16N2O2S/c1-7-3-4-8(15-7)5-12-9(6-14-2)10(11)13/h3-4,9,12H,5-6H2,1-2H3,(H2,11,13). The van der Waals surface area contributed by atoms with Crippen molar-refractivity contribution in [3.63, 3.8) is 0 Å². The number of hydrogen-bond donors (Lipinski definition) is 2. The van der Waals surface area contributed by atoms with E-state index in [-0.39, 0.29) is 5.91 Å². The van der Waals surface area contributed by atoms with Crippen LogP contribution in [0.4, 0.5) is 0 Å². The van der Waals surface area contributed by atoms with E-state index >= 15 is 0 Å². The SMILES string of the molecule is COCC(NCc1ccc(C)s1)C(N)=O. The molecule has 0 radical (unpaired) electrons. The molecule has 0 aromatic carbocycles. The highest BCUT2D eigenvalue weighted by Gasteiger charge is 2.14. The molecule has 0 aliphatic heterocycles. The smallest absolute Gasteiger partial charge is 0.236 e. The zero-order valence-corrected chi connectivity index (χ0v) is 9.76. The number of nitrogens with one attached hydrogen (secondary N) is 1. The minimum absolute atomic E-state index is 0.305. The lowest BCUT2D eigenvalue weighted by atomic mass is 10.3. The number of rotatable bonds is 6. The summed E-state index contributed by atoms with van der Waals surface area (Å²) in [7, 11) is 1.55. The summed E-state index contributed by atoms with van der Waals surface area (Å²) in [6.45, 7) is 3.00. The van der Waals surface area contributed by atoms with Gasteiger partial charge in [0, 0.05) is 23.4 Å². The van der Waals surface area contributed by atoms with Crippen LogP contribution in [0.2, 0.25) is 0 Å². The fraction of sp³-hybridized carbons (Fsp3) is 0.500. The molecule has 1 rings (SSSR count). The first-order valence-electron chi connectivity index (χ1n) is 4.70. The molecular formula is C10H16N2O2S. The summed E-state index contributed by atoms with van der Waals surface area (Å²) < 4.78 is 4.90. The van der Waals surface area contributed by atoms with E-state index < -0.39 is 6.04 Å². The molecular weight excluding hydrogens is 212 g/mol. The van der Waals surface area contributed by atoms with Gasteiger partial charge in [0.05, 0.1) is 6.61 Å².